The lowest BCUT2D eigenvalue weighted by Crippen LogP contribution is -2.69. The van der Waals surface area contributed by atoms with E-state index in [9.17, 15) is 2.74 Å². The zero-order chi connectivity index (χ0) is 51.9. The van der Waals surface area contributed by atoms with Crippen LogP contribution in [0.4, 0.5) is 0 Å². The summed E-state index contributed by atoms with van der Waals surface area (Å²) in [4.78, 5) is 6.92. The molecule has 6 aliphatic carbocycles. The maximum atomic E-state index is 12.4. The fraction of sp³-hybridized carbons (Fsp3) is 0.0741. The average molecular weight is 1020 g/mol. The van der Waals surface area contributed by atoms with Crippen LogP contribution < -0.4 is 0 Å². The van der Waals surface area contributed by atoms with Gasteiger partial charge in [-0.05, 0) is 328 Å². The van der Waals surface area contributed by atoms with Crippen LogP contribution in [0.25, 0.3) is 269 Å². The Hall–Kier alpha value is -10.2. The second-order valence-corrected chi connectivity index (χ2v) is 29.1. The molecule has 7 aliphatic rings. The number of ether oxygens (including phenoxy) is 1. The Morgan fingerprint density at radius 2 is 0.530 bits per heavy atom. The Labute approximate surface area is 460 Å². The van der Waals surface area contributed by atoms with Crippen LogP contribution in [-0.4, -0.2) is 5.90 Å². The number of benzene rings is 19. The van der Waals surface area contributed by atoms with E-state index in [1.54, 1.807) is 86.2 Å². The maximum Gasteiger partial charge on any atom is 0.218 e. The number of nitrogens with zero attached hydrogens (tertiary/aromatic N) is 1. The monoisotopic (exact) mass is 1020 g/mol. The molecular formula is C81H19NO. The van der Waals surface area contributed by atoms with Crippen molar-refractivity contribution in [2.45, 2.75) is 34.8 Å². The van der Waals surface area contributed by atoms with Gasteiger partial charge in [-0.3, -0.25) is 0 Å². The molecule has 354 valence electrons. The Balaban J connectivity index is 1.07. The van der Waals surface area contributed by atoms with E-state index >= 15 is 0 Å². The Bertz CT molecular complexity index is 8430. The molecule has 0 fully saturated rings. The molecular weight excluding hydrogens is 1000 g/mol. The third-order valence-electron chi connectivity index (χ3n) is 28.2. The molecule has 2 heteroatoms. The third kappa shape index (κ3) is 1.94. The van der Waals surface area contributed by atoms with Gasteiger partial charge in [0, 0.05) is 19.4 Å². The van der Waals surface area contributed by atoms with E-state index in [4.69, 9.17) is 9.73 Å². The van der Waals surface area contributed by atoms with Gasteiger partial charge in [0.15, 0.2) is 5.60 Å². The van der Waals surface area contributed by atoms with Gasteiger partial charge in [0.05, 0.1) is 10.8 Å². The van der Waals surface area contributed by atoms with Crippen LogP contribution in [0, 0.1) is 0 Å². The number of rotatable bonds is 5. The zero-order valence-corrected chi connectivity index (χ0v) is 42.7. The van der Waals surface area contributed by atoms with Crippen LogP contribution in [0.1, 0.15) is 52.8 Å². The molecule has 0 N–H and O–H groups in total. The van der Waals surface area contributed by atoms with Crippen molar-refractivity contribution in [3.8, 4) is 0 Å². The molecule has 0 radical (unpaired) electrons. The van der Waals surface area contributed by atoms with E-state index in [-0.39, 0.29) is 0 Å². The lowest BCUT2D eigenvalue weighted by Gasteiger charge is -2.62. The number of hydrogen-bond acceptors (Lipinski definition) is 2. The minimum Gasteiger partial charge on any atom is -0.461 e. The number of aliphatic imine (C=N–C) groups is 1. The molecule has 2 nitrogen and oxygen atoms in total. The van der Waals surface area contributed by atoms with Gasteiger partial charge in [0.25, 0.3) is 0 Å². The Morgan fingerprint density at radius 3 is 0.880 bits per heavy atom. The summed E-state index contributed by atoms with van der Waals surface area (Å²) in [6, 6.07) is 33.2. The second kappa shape index (κ2) is 7.96. The van der Waals surface area contributed by atoms with Crippen molar-refractivity contribution in [2.75, 3.05) is 0 Å². The summed E-state index contributed by atoms with van der Waals surface area (Å²) in [5, 5.41) is 74.7. The van der Waals surface area contributed by atoms with Gasteiger partial charge in [0.2, 0.25) is 5.90 Å². The smallest absolute Gasteiger partial charge is 0.218 e. The van der Waals surface area contributed by atoms with Crippen molar-refractivity contribution in [3.05, 3.63) is 141 Å². The van der Waals surface area contributed by atoms with E-state index in [1.807, 2.05) is 0 Å². The normalized spacial score (nSPS) is 25.1. The summed E-state index contributed by atoms with van der Waals surface area (Å²) >= 11 is 0. The Morgan fingerprint density at radius 1 is 0.265 bits per heavy atom. The van der Waals surface area contributed by atoms with Gasteiger partial charge in [-0.25, -0.2) is 4.99 Å². The van der Waals surface area contributed by atoms with Crippen LogP contribution in [0.5, 0.6) is 0 Å². The molecule has 0 bridgehead atoms. The summed E-state index contributed by atoms with van der Waals surface area (Å²) in [5.74, 6) is 0.672. The molecule has 4 unspecified atom stereocenters. The molecule has 0 saturated heterocycles. The molecule has 29 aromatic rings. The van der Waals surface area contributed by atoms with Gasteiger partial charge in [0.1, 0.15) is 5.54 Å². The summed E-state index contributed by atoms with van der Waals surface area (Å²) in [6.45, 7) is 0. The van der Waals surface area contributed by atoms with E-state index in [0.717, 1.165) is 11.1 Å². The van der Waals surface area contributed by atoms with Crippen LogP contribution >= 0.6 is 0 Å². The van der Waals surface area contributed by atoms with Crippen LogP contribution in [0.2, 0.25) is 0 Å². The fourth-order valence-corrected chi connectivity index (χ4v) is 27.7. The third-order valence-corrected chi connectivity index (χ3v) is 28.2. The molecule has 2 spiro atoms. The standard InChI is InChI=1S/C81H19NO/c1-4-10-18(11-5-1)16-78-71-63-53-45-33-25-21-22-24-28-30(25)42-44-36(28)40-38-32(24)34-26(22)29-27-23(21)31(33)37-39-35(27)43-41(29)48-46(34)54-50(38)58-52(40)60-56(44)64(61(63)47(42)45)72(78)69(60)76-70(58)74-65(54)62(48)66-55(43)59-51(39)57(49(37)53)67(71)75-68(59)73(66)79(74,17-19-12-6-2-7-13-19)81(76)80(75,78)82-77(83-81)20-14-8-3-9-15-20/h1-15H,16-17H2/i16D2. The first kappa shape index (κ1) is 31.7. The predicted octanol–water partition coefficient (Wildman–Crippen LogP) is 20.1. The minimum absolute atomic E-state index is 0.672. The highest BCUT2D eigenvalue weighted by Gasteiger charge is 2.88. The first-order valence-electron chi connectivity index (χ1n) is 31.5. The first-order valence-corrected chi connectivity index (χ1v) is 30.5. The van der Waals surface area contributed by atoms with Gasteiger partial charge in [-0.15, -0.1) is 0 Å². The Kier molecular flexibility index (Phi) is 3.04. The molecule has 1 aliphatic heterocycles. The molecule has 36 rings (SSSR count). The van der Waals surface area contributed by atoms with Gasteiger partial charge in [-0.1, -0.05) is 78.9 Å². The number of hydrogen-bond donors (Lipinski definition) is 0. The second-order valence-electron chi connectivity index (χ2n) is 29.1. The molecule has 83 heavy (non-hydrogen) atoms. The van der Waals surface area contributed by atoms with Crippen molar-refractivity contribution in [1.82, 2.24) is 0 Å². The van der Waals surface area contributed by atoms with E-state index in [0.29, 0.717) is 12.3 Å². The fourth-order valence-electron chi connectivity index (χ4n) is 27.7. The average Bonchev–Trinajstić information content (AvgIpc) is 1.37. The summed E-state index contributed by atoms with van der Waals surface area (Å²) in [7, 11) is 0. The lowest BCUT2D eigenvalue weighted by atomic mass is 9.41. The minimum atomic E-state index is -2.04. The zero-order valence-electron chi connectivity index (χ0n) is 44.7. The van der Waals surface area contributed by atoms with Crippen molar-refractivity contribution in [2.24, 2.45) is 4.99 Å². The van der Waals surface area contributed by atoms with Crippen LogP contribution in [0.3, 0.4) is 0 Å². The van der Waals surface area contributed by atoms with E-state index in [2.05, 4.69) is 91.0 Å². The first-order chi connectivity index (χ1) is 42.1. The van der Waals surface area contributed by atoms with E-state index < -0.39 is 28.3 Å². The largest absolute Gasteiger partial charge is 0.461 e. The van der Waals surface area contributed by atoms with Crippen molar-refractivity contribution >= 4 is 275 Å². The van der Waals surface area contributed by atoms with Gasteiger partial charge in [-0.2, -0.15) is 0 Å². The topological polar surface area (TPSA) is 21.6 Å². The quantitative estimate of drug-likeness (QED) is 0.157. The van der Waals surface area contributed by atoms with Crippen molar-refractivity contribution in [1.29, 1.82) is 0 Å². The lowest BCUT2D eigenvalue weighted by molar-refractivity contribution is -0.0789. The van der Waals surface area contributed by atoms with E-state index in [1.165, 1.54) is 222 Å². The SMILES string of the molecule is [2H]C([2H])(c1ccccc1)C12c3c4c5c6c7c8c9c%10c%11c%12c(c%13c1c1c%14c3c3c4c4c6c6c8c8c9c9c%15c%10c%12c%10c%13c%12c1c1c%14c%13c3c3c4c6c4c8c6c9c8c%15c%10c%12c9c1c1c%13c3c4c6c1c98)C21N=C(c2ccccc2)OC51C%117Cc1ccccc1. The van der Waals surface area contributed by atoms with Crippen molar-refractivity contribution < 1.29 is 7.48 Å². The highest BCUT2D eigenvalue weighted by molar-refractivity contribution is 6.80. The van der Waals surface area contributed by atoms with Gasteiger partial charge >= 0.3 is 0 Å². The molecule has 1 heterocycles. The highest BCUT2D eigenvalue weighted by Crippen LogP contribution is 2.91. The summed E-state index contributed by atoms with van der Waals surface area (Å²) in [5.41, 5.74) is 6.21. The molecule has 0 amide bonds. The van der Waals surface area contributed by atoms with Crippen molar-refractivity contribution in [3.63, 3.8) is 0 Å². The molecule has 0 saturated carbocycles. The predicted molar refractivity (Wildman–Crippen MR) is 343 cm³/mol. The molecule has 29 aromatic carbocycles. The van der Waals surface area contributed by atoms with Crippen LogP contribution in [-0.2, 0) is 39.5 Å². The highest BCUT2D eigenvalue weighted by atomic mass is 16.5. The van der Waals surface area contributed by atoms with Crippen LogP contribution in [0.15, 0.2) is 96.0 Å². The molecule has 0 aromatic heterocycles. The summed E-state index contributed by atoms with van der Waals surface area (Å²) < 4.78 is 33.9. The maximum absolute atomic E-state index is 12.4. The summed E-state index contributed by atoms with van der Waals surface area (Å²) in [6.07, 6.45) is -1.33. The van der Waals surface area contributed by atoms with Gasteiger partial charge < -0.3 is 4.74 Å². The molecule has 4 atom stereocenters.